The van der Waals surface area contributed by atoms with Gasteiger partial charge in [0.25, 0.3) is 10.0 Å². The molecule has 0 saturated heterocycles. The van der Waals surface area contributed by atoms with E-state index in [1.807, 2.05) is 35.2 Å². The smallest absolute Gasteiger partial charge is 0.264 e. The summed E-state index contributed by atoms with van der Waals surface area (Å²) in [6.45, 7) is 0. The second-order valence-corrected chi connectivity index (χ2v) is 7.81. The third-order valence-corrected chi connectivity index (χ3v) is 5.61. The maximum Gasteiger partial charge on any atom is 0.264 e. The van der Waals surface area contributed by atoms with Gasteiger partial charge in [0.2, 0.25) is 11.8 Å². The van der Waals surface area contributed by atoms with Crippen LogP contribution in [0.15, 0.2) is 59.6 Å². The molecule has 1 heterocycles. The second-order valence-electron chi connectivity index (χ2n) is 6.13. The van der Waals surface area contributed by atoms with Gasteiger partial charge in [-0.1, -0.05) is 18.2 Å². The number of hydrogen-bond acceptors (Lipinski definition) is 4. The van der Waals surface area contributed by atoms with E-state index in [-0.39, 0.29) is 16.9 Å². The molecule has 8 heteroatoms. The zero-order valence-electron chi connectivity index (χ0n) is 14.4. The maximum atomic E-state index is 12.2. The Kier molecular flexibility index (Phi) is 5.27. The lowest BCUT2D eigenvalue weighted by atomic mass is 10.1. The number of fused-ring (bicyclic) bond motifs is 1. The average Bonchev–Trinajstić information content (AvgIpc) is 3.05. The molecule has 3 rings (SSSR count). The summed E-state index contributed by atoms with van der Waals surface area (Å²) in [4.78, 5) is 26.1. The van der Waals surface area contributed by atoms with Gasteiger partial charge < -0.3 is 10.7 Å². The maximum absolute atomic E-state index is 12.2. The Morgan fingerprint density at radius 2 is 1.74 bits per heavy atom. The SMILES string of the molecule is NC(=O)c1ccc(S(=O)(=O)NC(=O)CCCc2c[nH]c3ccccc23)cc1. The summed E-state index contributed by atoms with van der Waals surface area (Å²) in [6.07, 6.45) is 3.16. The topological polar surface area (TPSA) is 122 Å². The first-order valence-corrected chi connectivity index (χ1v) is 9.85. The van der Waals surface area contributed by atoms with E-state index < -0.39 is 21.8 Å². The first kappa shape index (κ1) is 18.7. The van der Waals surface area contributed by atoms with Gasteiger partial charge in [0.15, 0.2) is 0 Å². The van der Waals surface area contributed by atoms with Gasteiger partial charge in [0.1, 0.15) is 0 Å². The van der Waals surface area contributed by atoms with Crippen LogP contribution in [0.1, 0.15) is 28.8 Å². The molecule has 7 nitrogen and oxygen atoms in total. The van der Waals surface area contributed by atoms with Crippen LogP contribution in [0.5, 0.6) is 0 Å². The quantitative estimate of drug-likeness (QED) is 0.576. The fraction of sp³-hybridized carbons (Fsp3) is 0.158. The van der Waals surface area contributed by atoms with Crippen molar-refractivity contribution in [3.8, 4) is 0 Å². The minimum absolute atomic E-state index is 0.0815. The Balaban J connectivity index is 1.57. The lowest BCUT2D eigenvalue weighted by Gasteiger charge is -2.07. The Bertz CT molecular complexity index is 1090. The number of hydrogen-bond donors (Lipinski definition) is 3. The van der Waals surface area contributed by atoms with Crippen LogP contribution >= 0.6 is 0 Å². The van der Waals surface area contributed by atoms with Crippen LogP contribution in [0, 0.1) is 0 Å². The number of para-hydroxylation sites is 1. The van der Waals surface area contributed by atoms with Crippen LogP contribution < -0.4 is 10.5 Å². The summed E-state index contributed by atoms with van der Waals surface area (Å²) in [6, 6.07) is 12.9. The normalized spacial score (nSPS) is 11.4. The number of H-pyrrole nitrogens is 1. The molecule has 1 aromatic heterocycles. The van der Waals surface area contributed by atoms with E-state index in [0.717, 1.165) is 16.5 Å². The summed E-state index contributed by atoms with van der Waals surface area (Å²) >= 11 is 0. The summed E-state index contributed by atoms with van der Waals surface area (Å²) in [5, 5.41) is 1.10. The molecule has 0 bridgehead atoms. The van der Waals surface area contributed by atoms with Gasteiger partial charge in [-0.15, -0.1) is 0 Å². The van der Waals surface area contributed by atoms with Crippen molar-refractivity contribution in [2.45, 2.75) is 24.2 Å². The van der Waals surface area contributed by atoms with Gasteiger partial charge in [-0.2, -0.15) is 0 Å². The molecular formula is C19H19N3O4S. The van der Waals surface area contributed by atoms with Gasteiger partial charge in [-0.3, -0.25) is 9.59 Å². The van der Waals surface area contributed by atoms with E-state index in [1.54, 1.807) is 0 Å². The second kappa shape index (κ2) is 7.63. The Morgan fingerprint density at radius 3 is 2.44 bits per heavy atom. The molecule has 0 unspecified atom stereocenters. The van der Waals surface area contributed by atoms with Gasteiger partial charge in [0, 0.05) is 29.1 Å². The van der Waals surface area contributed by atoms with E-state index in [9.17, 15) is 18.0 Å². The van der Waals surface area contributed by atoms with Crippen molar-refractivity contribution in [3.05, 3.63) is 65.9 Å². The van der Waals surface area contributed by atoms with Crippen molar-refractivity contribution in [1.82, 2.24) is 9.71 Å². The number of benzene rings is 2. The molecule has 4 N–H and O–H groups in total. The zero-order chi connectivity index (χ0) is 19.4. The first-order chi connectivity index (χ1) is 12.9. The predicted octanol–water partition coefficient (Wildman–Crippen LogP) is 2.09. The molecule has 0 fully saturated rings. The fourth-order valence-electron chi connectivity index (χ4n) is 2.84. The van der Waals surface area contributed by atoms with Crippen molar-refractivity contribution in [1.29, 1.82) is 0 Å². The van der Waals surface area contributed by atoms with E-state index in [4.69, 9.17) is 5.73 Å². The highest BCUT2D eigenvalue weighted by Crippen LogP contribution is 2.19. The molecule has 0 aliphatic rings. The van der Waals surface area contributed by atoms with Gasteiger partial charge >= 0.3 is 0 Å². The number of carbonyl (C=O) groups is 2. The number of aromatic amines is 1. The zero-order valence-corrected chi connectivity index (χ0v) is 15.3. The number of nitrogens with one attached hydrogen (secondary N) is 2. The number of nitrogens with two attached hydrogens (primary N) is 1. The molecule has 0 radical (unpaired) electrons. The Morgan fingerprint density at radius 1 is 1.04 bits per heavy atom. The summed E-state index contributed by atoms with van der Waals surface area (Å²) in [7, 11) is -3.98. The number of amides is 2. The first-order valence-electron chi connectivity index (χ1n) is 8.37. The van der Waals surface area contributed by atoms with E-state index in [2.05, 4.69) is 4.98 Å². The summed E-state index contributed by atoms with van der Waals surface area (Å²) in [5.41, 5.74) is 7.43. The van der Waals surface area contributed by atoms with E-state index in [1.165, 1.54) is 24.3 Å². The molecule has 27 heavy (non-hydrogen) atoms. The number of aryl methyl sites for hydroxylation is 1. The predicted molar refractivity (Wildman–Crippen MR) is 102 cm³/mol. The highest BCUT2D eigenvalue weighted by atomic mass is 32.2. The number of sulfonamides is 1. The lowest BCUT2D eigenvalue weighted by Crippen LogP contribution is -2.30. The number of primary amides is 1. The van der Waals surface area contributed by atoms with Crippen LogP contribution in [-0.2, 0) is 21.2 Å². The molecule has 0 spiro atoms. The largest absolute Gasteiger partial charge is 0.366 e. The molecule has 140 valence electrons. The van der Waals surface area contributed by atoms with E-state index in [0.29, 0.717) is 12.8 Å². The van der Waals surface area contributed by atoms with Crippen LogP contribution in [-0.4, -0.2) is 25.2 Å². The number of aromatic nitrogens is 1. The molecule has 2 amide bonds. The molecule has 0 atom stereocenters. The third-order valence-electron chi connectivity index (χ3n) is 4.22. The highest BCUT2D eigenvalue weighted by Gasteiger charge is 2.18. The van der Waals surface area contributed by atoms with Crippen LogP contribution in [0.4, 0.5) is 0 Å². The van der Waals surface area contributed by atoms with Crippen LogP contribution in [0.3, 0.4) is 0 Å². The Labute approximate surface area is 156 Å². The molecule has 0 saturated carbocycles. The molecule has 0 aliphatic heterocycles. The number of carbonyl (C=O) groups excluding carboxylic acids is 2. The minimum atomic E-state index is -3.98. The van der Waals surface area contributed by atoms with Crippen molar-refractivity contribution in [2.75, 3.05) is 0 Å². The molecule has 3 aromatic rings. The van der Waals surface area contributed by atoms with Crippen molar-refractivity contribution < 1.29 is 18.0 Å². The van der Waals surface area contributed by atoms with E-state index >= 15 is 0 Å². The van der Waals surface area contributed by atoms with Gasteiger partial charge in [0.05, 0.1) is 4.90 Å². The summed E-state index contributed by atoms with van der Waals surface area (Å²) in [5.74, 6) is -1.23. The minimum Gasteiger partial charge on any atom is -0.366 e. The Hall–Kier alpha value is -3.13. The third kappa shape index (κ3) is 4.35. The lowest BCUT2D eigenvalue weighted by molar-refractivity contribution is -0.119. The average molecular weight is 385 g/mol. The van der Waals surface area contributed by atoms with Crippen molar-refractivity contribution >= 4 is 32.7 Å². The molecule has 0 aliphatic carbocycles. The van der Waals surface area contributed by atoms with Crippen LogP contribution in [0.2, 0.25) is 0 Å². The van der Waals surface area contributed by atoms with Crippen LogP contribution in [0.25, 0.3) is 10.9 Å². The summed E-state index contributed by atoms with van der Waals surface area (Å²) < 4.78 is 26.5. The molecular weight excluding hydrogens is 366 g/mol. The number of rotatable bonds is 7. The van der Waals surface area contributed by atoms with Gasteiger partial charge in [-0.05, 0) is 48.7 Å². The fourth-order valence-corrected chi connectivity index (χ4v) is 3.85. The van der Waals surface area contributed by atoms with Gasteiger partial charge in [-0.25, -0.2) is 13.1 Å². The monoisotopic (exact) mass is 385 g/mol. The van der Waals surface area contributed by atoms with Crippen molar-refractivity contribution in [3.63, 3.8) is 0 Å². The van der Waals surface area contributed by atoms with Crippen molar-refractivity contribution in [2.24, 2.45) is 5.73 Å². The molecule has 2 aromatic carbocycles. The highest BCUT2D eigenvalue weighted by molar-refractivity contribution is 7.90. The standard InChI is InChI=1S/C19H19N3O4S/c20-19(24)13-8-10-15(11-9-13)27(25,26)22-18(23)7-3-4-14-12-21-17-6-2-1-5-16(14)17/h1-2,5-6,8-12,21H,3-4,7H2,(H2,20,24)(H,22,23).